The summed E-state index contributed by atoms with van der Waals surface area (Å²) in [7, 11) is 0. The molecule has 0 fully saturated rings. The minimum Gasteiger partial charge on any atom is -0.507 e. The van der Waals surface area contributed by atoms with Crippen LogP contribution in [-0.2, 0) is 43.3 Å². The summed E-state index contributed by atoms with van der Waals surface area (Å²) in [6.45, 7) is 3.79. The van der Waals surface area contributed by atoms with Crippen LogP contribution in [0.3, 0.4) is 0 Å². The van der Waals surface area contributed by atoms with Crippen LogP contribution in [-0.4, -0.2) is 36.4 Å². The molecule has 0 saturated carbocycles. The molecule has 0 aliphatic heterocycles. The second-order valence-electron chi connectivity index (χ2n) is 15.2. The van der Waals surface area contributed by atoms with E-state index in [-0.39, 0.29) is 103 Å². The standard InChI is InChI=1S/C49H50O7/c1-31(25-38-44(51)40(27-33-15-7-3-8-16-33)48(55)41(45(38)52)28-34-17-9-4-10-18-34)23-37(50)24-32(2)26-39-46(53)42(29-35-19-11-5-12-20-35)49(56)43(47(39)54)30-36-21-13-6-14-22-36/h3-22,31-32,51-56H,23-30H2,1-2H3. The van der Waals surface area contributed by atoms with Crippen LogP contribution in [0.25, 0.3) is 0 Å². The Kier molecular flexibility index (Phi) is 12.7. The first-order valence-corrected chi connectivity index (χ1v) is 19.2. The van der Waals surface area contributed by atoms with Gasteiger partial charge in [0.15, 0.2) is 0 Å². The molecule has 0 radical (unpaired) electrons. The fraction of sp³-hybridized carbons (Fsp3) is 0.245. The maximum atomic E-state index is 13.6. The molecule has 2 unspecified atom stereocenters. The number of ketones is 1. The van der Waals surface area contributed by atoms with Crippen LogP contribution in [0, 0.1) is 11.8 Å². The minimum atomic E-state index is -0.268. The van der Waals surface area contributed by atoms with E-state index < -0.39 is 0 Å². The van der Waals surface area contributed by atoms with E-state index in [4.69, 9.17) is 0 Å². The number of aromatic hydroxyl groups is 6. The van der Waals surface area contributed by atoms with Gasteiger partial charge in [0, 0.05) is 71.9 Å². The van der Waals surface area contributed by atoms with Gasteiger partial charge in [-0.05, 0) is 46.9 Å². The summed E-state index contributed by atoms with van der Waals surface area (Å²) in [5.41, 5.74) is 5.47. The summed E-state index contributed by atoms with van der Waals surface area (Å²) in [6.07, 6.45) is 1.77. The van der Waals surface area contributed by atoms with Crippen LogP contribution in [0.2, 0.25) is 0 Å². The van der Waals surface area contributed by atoms with E-state index in [1.807, 2.05) is 135 Å². The van der Waals surface area contributed by atoms with Crippen LogP contribution >= 0.6 is 0 Å². The number of carbonyl (C=O) groups is 1. The van der Waals surface area contributed by atoms with Gasteiger partial charge in [-0.25, -0.2) is 0 Å². The fourth-order valence-electron chi connectivity index (χ4n) is 7.72. The lowest BCUT2D eigenvalue weighted by atomic mass is 9.85. The van der Waals surface area contributed by atoms with Crippen molar-refractivity contribution in [2.24, 2.45) is 11.8 Å². The van der Waals surface area contributed by atoms with Crippen molar-refractivity contribution in [2.45, 2.75) is 65.2 Å². The van der Waals surface area contributed by atoms with Crippen LogP contribution in [0.15, 0.2) is 121 Å². The average Bonchev–Trinajstić information content (AvgIpc) is 3.20. The van der Waals surface area contributed by atoms with Gasteiger partial charge in [0.1, 0.15) is 40.3 Å². The van der Waals surface area contributed by atoms with Crippen molar-refractivity contribution in [1.82, 2.24) is 0 Å². The normalized spacial score (nSPS) is 12.3. The van der Waals surface area contributed by atoms with Crippen LogP contribution in [0.1, 0.15) is 82.3 Å². The van der Waals surface area contributed by atoms with Crippen molar-refractivity contribution >= 4 is 5.78 Å². The first-order chi connectivity index (χ1) is 27.0. The second-order valence-corrected chi connectivity index (χ2v) is 15.2. The number of hydrogen-bond donors (Lipinski definition) is 6. The maximum Gasteiger partial charge on any atom is 0.133 e. The molecule has 0 heterocycles. The number of phenols is 6. The molecule has 56 heavy (non-hydrogen) atoms. The van der Waals surface area contributed by atoms with Gasteiger partial charge in [0.05, 0.1) is 0 Å². The molecule has 0 aliphatic carbocycles. The van der Waals surface area contributed by atoms with Crippen molar-refractivity contribution in [1.29, 1.82) is 0 Å². The van der Waals surface area contributed by atoms with Gasteiger partial charge in [-0.1, -0.05) is 135 Å². The Balaban J connectivity index is 1.21. The highest BCUT2D eigenvalue weighted by molar-refractivity contribution is 5.79. The van der Waals surface area contributed by atoms with Crippen LogP contribution in [0.4, 0.5) is 0 Å². The molecule has 6 aromatic rings. The third-order valence-corrected chi connectivity index (χ3v) is 10.6. The molecule has 6 rings (SSSR count). The van der Waals surface area contributed by atoms with E-state index in [0.717, 1.165) is 22.3 Å². The van der Waals surface area contributed by atoms with Crippen molar-refractivity contribution in [3.05, 3.63) is 177 Å². The number of benzene rings is 6. The Morgan fingerprint density at radius 2 is 0.589 bits per heavy atom. The summed E-state index contributed by atoms with van der Waals surface area (Å²) >= 11 is 0. The smallest absolute Gasteiger partial charge is 0.133 e. The number of phenolic OH excluding ortho intramolecular Hbond substituents is 6. The average molecular weight is 751 g/mol. The highest BCUT2D eigenvalue weighted by Gasteiger charge is 2.28. The highest BCUT2D eigenvalue weighted by atomic mass is 16.3. The van der Waals surface area contributed by atoms with E-state index in [1.54, 1.807) is 0 Å². The van der Waals surface area contributed by atoms with E-state index in [0.29, 0.717) is 33.4 Å². The number of rotatable bonds is 16. The molecule has 0 aromatic heterocycles. The molecule has 0 spiro atoms. The Morgan fingerprint density at radius 3 is 0.821 bits per heavy atom. The topological polar surface area (TPSA) is 138 Å². The maximum absolute atomic E-state index is 13.6. The molecule has 0 bridgehead atoms. The molecule has 0 aliphatic rings. The van der Waals surface area contributed by atoms with Gasteiger partial charge >= 0.3 is 0 Å². The summed E-state index contributed by atoms with van der Waals surface area (Å²) < 4.78 is 0. The van der Waals surface area contributed by atoms with Crippen molar-refractivity contribution in [2.75, 3.05) is 0 Å². The number of carbonyl (C=O) groups excluding carboxylic acids is 1. The minimum absolute atomic E-state index is 0.0384. The predicted molar refractivity (Wildman–Crippen MR) is 220 cm³/mol. The summed E-state index contributed by atoms with van der Waals surface area (Å²) in [4.78, 5) is 13.6. The van der Waals surface area contributed by atoms with E-state index >= 15 is 0 Å². The molecule has 0 amide bonds. The third-order valence-electron chi connectivity index (χ3n) is 10.6. The SMILES string of the molecule is CC(CC(=O)CC(C)Cc1c(O)c(Cc2ccccc2)c(O)c(Cc2ccccc2)c1O)Cc1c(O)c(Cc2ccccc2)c(O)c(Cc2ccccc2)c1O. The molecular weight excluding hydrogens is 701 g/mol. The zero-order chi connectivity index (χ0) is 39.8. The predicted octanol–water partition coefficient (Wildman–Crippen LogP) is 9.69. The Hall–Kier alpha value is -6.21. The Morgan fingerprint density at radius 1 is 0.375 bits per heavy atom. The van der Waals surface area contributed by atoms with E-state index in [9.17, 15) is 35.4 Å². The monoisotopic (exact) mass is 750 g/mol. The van der Waals surface area contributed by atoms with Gasteiger partial charge in [-0.15, -0.1) is 0 Å². The summed E-state index contributed by atoms with van der Waals surface area (Å²) in [6, 6.07) is 38.0. The zero-order valence-electron chi connectivity index (χ0n) is 32.0. The zero-order valence-corrected chi connectivity index (χ0v) is 32.0. The fourth-order valence-corrected chi connectivity index (χ4v) is 7.72. The molecule has 7 heteroatoms. The van der Waals surface area contributed by atoms with Crippen molar-refractivity contribution < 1.29 is 35.4 Å². The first kappa shape index (κ1) is 39.5. The highest BCUT2D eigenvalue weighted by Crippen LogP contribution is 2.47. The molecule has 2 atom stereocenters. The van der Waals surface area contributed by atoms with Gasteiger partial charge in [0.25, 0.3) is 0 Å². The molecule has 6 N–H and O–H groups in total. The van der Waals surface area contributed by atoms with Crippen LogP contribution in [0.5, 0.6) is 34.5 Å². The van der Waals surface area contributed by atoms with E-state index in [1.165, 1.54) is 0 Å². The van der Waals surface area contributed by atoms with Crippen molar-refractivity contribution in [3.8, 4) is 34.5 Å². The first-order valence-electron chi connectivity index (χ1n) is 19.2. The second kappa shape index (κ2) is 17.9. The van der Waals surface area contributed by atoms with E-state index in [2.05, 4.69) is 0 Å². The molecular formula is C49H50O7. The quantitative estimate of drug-likeness (QED) is 0.0579. The van der Waals surface area contributed by atoms with Crippen molar-refractivity contribution in [3.63, 3.8) is 0 Å². The Labute approximate surface area is 328 Å². The molecule has 6 aromatic carbocycles. The molecule has 0 saturated heterocycles. The third kappa shape index (κ3) is 9.35. The van der Waals surface area contributed by atoms with Gasteiger partial charge in [-0.3, -0.25) is 4.79 Å². The van der Waals surface area contributed by atoms with Gasteiger partial charge in [-0.2, -0.15) is 0 Å². The van der Waals surface area contributed by atoms with Gasteiger partial charge in [0.2, 0.25) is 0 Å². The van der Waals surface area contributed by atoms with Crippen LogP contribution < -0.4 is 0 Å². The molecule has 288 valence electrons. The lowest BCUT2D eigenvalue weighted by Crippen LogP contribution is -2.14. The number of hydrogen-bond acceptors (Lipinski definition) is 7. The summed E-state index contributed by atoms with van der Waals surface area (Å²) in [5.74, 6) is -1.57. The largest absolute Gasteiger partial charge is 0.507 e. The lowest BCUT2D eigenvalue weighted by molar-refractivity contribution is -0.120. The lowest BCUT2D eigenvalue weighted by Gasteiger charge is -2.22. The molecule has 7 nitrogen and oxygen atoms in total. The number of Topliss-reactive ketones (excluding diaryl/α,β-unsaturated/α-hetero) is 1. The van der Waals surface area contributed by atoms with Gasteiger partial charge < -0.3 is 30.6 Å². The Bertz CT molecular complexity index is 1950. The summed E-state index contributed by atoms with van der Waals surface area (Å²) in [5, 5.41) is 68.9.